The predicted molar refractivity (Wildman–Crippen MR) is 60.8 cm³/mol. The molecule has 4 heteroatoms. The molecule has 90 valence electrons. The number of carbonyl (C=O) groups is 2. The van der Waals surface area contributed by atoms with Crippen molar-refractivity contribution in [2.45, 2.75) is 51.6 Å². The normalized spacial score (nSPS) is 30.6. The number of carbonyl (C=O) groups excluding carboxylic acids is 2. The number of hydrogen-bond acceptors (Lipinski definition) is 2. The summed E-state index contributed by atoms with van der Waals surface area (Å²) >= 11 is 0. The molecule has 0 saturated carbocycles. The van der Waals surface area contributed by atoms with Crippen LogP contribution in [-0.4, -0.2) is 46.8 Å². The summed E-state index contributed by atoms with van der Waals surface area (Å²) in [4.78, 5) is 27.9. The van der Waals surface area contributed by atoms with Gasteiger partial charge in [-0.15, -0.1) is 0 Å². The minimum absolute atomic E-state index is 0.137. The molecule has 0 radical (unpaired) electrons. The average molecular weight is 224 g/mol. The van der Waals surface area contributed by atoms with Gasteiger partial charge in [0.1, 0.15) is 12.1 Å². The Labute approximate surface area is 96.6 Å². The molecule has 0 N–H and O–H groups in total. The summed E-state index contributed by atoms with van der Waals surface area (Å²) in [6.07, 6.45) is 3.86. The molecule has 2 rings (SSSR count). The lowest BCUT2D eigenvalue weighted by Gasteiger charge is -2.46. The molecule has 2 saturated heterocycles. The molecule has 0 aliphatic carbocycles. The molecule has 2 amide bonds. The fourth-order valence-electron chi connectivity index (χ4n) is 2.75. The van der Waals surface area contributed by atoms with E-state index in [2.05, 4.69) is 0 Å². The van der Waals surface area contributed by atoms with Gasteiger partial charge in [-0.05, 0) is 32.6 Å². The van der Waals surface area contributed by atoms with Gasteiger partial charge in [0.2, 0.25) is 11.8 Å². The van der Waals surface area contributed by atoms with E-state index in [1.807, 2.05) is 13.8 Å². The highest BCUT2D eigenvalue weighted by Gasteiger charge is 2.43. The van der Waals surface area contributed by atoms with Gasteiger partial charge in [-0.25, -0.2) is 0 Å². The SMILES string of the molecule is CCCN1C(=O)C2CCCCN2C(=O)C1C. The smallest absolute Gasteiger partial charge is 0.246 e. The van der Waals surface area contributed by atoms with Crippen LogP contribution in [-0.2, 0) is 9.59 Å². The lowest BCUT2D eigenvalue weighted by Crippen LogP contribution is -2.65. The first kappa shape index (κ1) is 11.4. The Morgan fingerprint density at radius 2 is 2.00 bits per heavy atom. The number of rotatable bonds is 2. The molecule has 2 unspecified atom stereocenters. The first-order valence-corrected chi connectivity index (χ1v) is 6.27. The Bertz CT molecular complexity index is 297. The van der Waals surface area contributed by atoms with Crippen LogP contribution in [0.15, 0.2) is 0 Å². The second kappa shape index (κ2) is 4.44. The first-order chi connectivity index (χ1) is 7.66. The van der Waals surface area contributed by atoms with E-state index >= 15 is 0 Å². The molecule has 4 nitrogen and oxygen atoms in total. The largest absolute Gasteiger partial charge is 0.329 e. The van der Waals surface area contributed by atoms with Gasteiger partial charge in [-0.3, -0.25) is 9.59 Å². The van der Waals surface area contributed by atoms with Crippen LogP contribution in [0.3, 0.4) is 0 Å². The lowest BCUT2D eigenvalue weighted by molar-refractivity contribution is -0.162. The first-order valence-electron chi connectivity index (χ1n) is 6.27. The third-order valence-corrected chi connectivity index (χ3v) is 3.64. The molecular formula is C12H20N2O2. The van der Waals surface area contributed by atoms with Crippen LogP contribution in [0.1, 0.15) is 39.5 Å². The number of fused-ring (bicyclic) bond motifs is 1. The van der Waals surface area contributed by atoms with Gasteiger partial charge in [-0.1, -0.05) is 6.92 Å². The fraction of sp³-hybridized carbons (Fsp3) is 0.833. The van der Waals surface area contributed by atoms with Crippen LogP contribution < -0.4 is 0 Å². The summed E-state index contributed by atoms with van der Waals surface area (Å²) < 4.78 is 0. The quantitative estimate of drug-likeness (QED) is 0.702. The average Bonchev–Trinajstić information content (AvgIpc) is 2.32. The molecular weight excluding hydrogens is 204 g/mol. The van der Waals surface area contributed by atoms with Crippen LogP contribution in [0.25, 0.3) is 0 Å². The van der Waals surface area contributed by atoms with Crippen LogP contribution in [0.2, 0.25) is 0 Å². The number of nitrogens with zero attached hydrogens (tertiary/aromatic N) is 2. The summed E-state index contributed by atoms with van der Waals surface area (Å²) in [5.41, 5.74) is 0. The van der Waals surface area contributed by atoms with Gasteiger partial charge in [0.05, 0.1) is 0 Å². The van der Waals surface area contributed by atoms with Crippen molar-refractivity contribution >= 4 is 11.8 Å². The van der Waals surface area contributed by atoms with Crippen LogP contribution in [0.4, 0.5) is 0 Å². The van der Waals surface area contributed by atoms with E-state index in [0.717, 1.165) is 32.2 Å². The Morgan fingerprint density at radius 3 is 2.69 bits per heavy atom. The summed E-state index contributed by atoms with van der Waals surface area (Å²) in [5.74, 6) is 0.298. The molecule has 2 fully saturated rings. The van der Waals surface area contributed by atoms with Crippen molar-refractivity contribution in [2.75, 3.05) is 13.1 Å². The maximum Gasteiger partial charge on any atom is 0.246 e. The van der Waals surface area contributed by atoms with Gasteiger partial charge in [-0.2, -0.15) is 0 Å². The second-order valence-corrected chi connectivity index (χ2v) is 4.75. The molecule has 0 aromatic heterocycles. The van der Waals surface area contributed by atoms with Gasteiger partial charge in [0.25, 0.3) is 0 Å². The van der Waals surface area contributed by atoms with E-state index in [9.17, 15) is 9.59 Å². The Hall–Kier alpha value is -1.06. The van der Waals surface area contributed by atoms with Gasteiger partial charge in [0, 0.05) is 13.1 Å². The molecule has 0 spiro atoms. The van der Waals surface area contributed by atoms with E-state index in [1.165, 1.54) is 0 Å². The van der Waals surface area contributed by atoms with E-state index in [0.29, 0.717) is 6.54 Å². The Kier molecular flexibility index (Phi) is 3.17. The topological polar surface area (TPSA) is 40.6 Å². The number of piperazine rings is 1. The lowest BCUT2D eigenvalue weighted by atomic mass is 9.96. The third kappa shape index (κ3) is 1.70. The van der Waals surface area contributed by atoms with Crippen molar-refractivity contribution in [3.63, 3.8) is 0 Å². The molecule has 2 atom stereocenters. The summed E-state index contributed by atoms with van der Waals surface area (Å²) in [7, 11) is 0. The zero-order valence-electron chi connectivity index (χ0n) is 10.1. The highest BCUT2D eigenvalue weighted by Crippen LogP contribution is 2.26. The van der Waals surface area contributed by atoms with Crippen molar-refractivity contribution < 1.29 is 9.59 Å². The maximum atomic E-state index is 12.2. The highest BCUT2D eigenvalue weighted by atomic mass is 16.2. The Balaban J connectivity index is 2.20. The van der Waals surface area contributed by atoms with Crippen molar-refractivity contribution in [1.29, 1.82) is 0 Å². The van der Waals surface area contributed by atoms with Crippen LogP contribution in [0.5, 0.6) is 0 Å². The van der Waals surface area contributed by atoms with E-state index in [-0.39, 0.29) is 23.9 Å². The van der Waals surface area contributed by atoms with E-state index in [1.54, 1.807) is 9.80 Å². The van der Waals surface area contributed by atoms with Crippen LogP contribution >= 0.6 is 0 Å². The Morgan fingerprint density at radius 1 is 1.25 bits per heavy atom. The summed E-state index contributed by atoms with van der Waals surface area (Å²) in [6, 6.07) is -0.425. The summed E-state index contributed by atoms with van der Waals surface area (Å²) in [6.45, 7) is 5.36. The number of hydrogen-bond donors (Lipinski definition) is 0. The van der Waals surface area contributed by atoms with Crippen molar-refractivity contribution in [3.8, 4) is 0 Å². The van der Waals surface area contributed by atoms with Crippen molar-refractivity contribution in [2.24, 2.45) is 0 Å². The zero-order valence-corrected chi connectivity index (χ0v) is 10.1. The molecule has 0 aromatic rings. The predicted octanol–water partition coefficient (Wildman–Crippen LogP) is 1.01. The zero-order chi connectivity index (χ0) is 11.7. The molecule has 0 aromatic carbocycles. The minimum Gasteiger partial charge on any atom is -0.329 e. The van der Waals surface area contributed by atoms with Crippen molar-refractivity contribution in [3.05, 3.63) is 0 Å². The van der Waals surface area contributed by atoms with Crippen LogP contribution in [0, 0.1) is 0 Å². The molecule has 16 heavy (non-hydrogen) atoms. The maximum absolute atomic E-state index is 12.2. The fourth-order valence-corrected chi connectivity index (χ4v) is 2.75. The standard InChI is InChI=1S/C12H20N2O2/c1-3-7-13-9(2)11(15)14-8-5-4-6-10(14)12(13)16/h9-10H,3-8H2,1-2H3. The molecule has 0 bridgehead atoms. The second-order valence-electron chi connectivity index (χ2n) is 4.75. The van der Waals surface area contributed by atoms with Gasteiger partial charge in [0.15, 0.2) is 0 Å². The number of amides is 2. The molecule has 2 aliphatic heterocycles. The molecule has 2 heterocycles. The van der Waals surface area contributed by atoms with E-state index < -0.39 is 0 Å². The monoisotopic (exact) mass is 224 g/mol. The molecule has 2 aliphatic rings. The van der Waals surface area contributed by atoms with E-state index in [4.69, 9.17) is 0 Å². The number of piperidine rings is 1. The highest BCUT2D eigenvalue weighted by molar-refractivity contribution is 5.96. The van der Waals surface area contributed by atoms with Crippen molar-refractivity contribution in [1.82, 2.24) is 9.80 Å². The summed E-state index contributed by atoms with van der Waals surface area (Å²) in [5, 5.41) is 0. The van der Waals surface area contributed by atoms with Gasteiger partial charge >= 0.3 is 0 Å². The van der Waals surface area contributed by atoms with Gasteiger partial charge < -0.3 is 9.80 Å². The third-order valence-electron chi connectivity index (χ3n) is 3.64. The minimum atomic E-state index is -0.262.